The molecule has 2 aromatic carbocycles. The van der Waals surface area contributed by atoms with Gasteiger partial charge in [0.1, 0.15) is 18.3 Å². The highest BCUT2D eigenvalue weighted by Crippen LogP contribution is 2.25. The quantitative estimate of drug-likeness (QED) is 0.517. The van der Waals surface area contributed by atoms with Crippen molar-refractivity contribution in [2.24, 2.45) is 0 Å². The molecule has 1 atom stereocenters. The van der Waals surface area contributed by atoms with E-state index in [0.717, 1.165) is 27.3 Å². The van der Waals surface area contributed by atoms with Crippen molar-refractivity contribution in [1.29, 1.82) is 0 Å². The van der Waals surface area contributed by atoms with Crippen molar-refractivity contribution in [3.05, 3.63) is 59.2 Å². The van der Waals surface area contributed by atoms with Gasteiger partial charge in [-0.25, -0.2) is 8.42 Å². The number of carbonyl (C=O) groups is 2. The summed E-state index contributed by atoms with van der Waals surface area (Å²) in [5.74, 6) is -0.0800. The van der Waals surface area contributed by atoms with E-state index in [2.05, 4.69) is 5.32 Å². The highest BCUT2D eigenvalue weighted by atomic mass is 32.2. The number of ether oxygens (including phenoxy) is 1. The maximum Gasteiger partial charge on any atom is 0.244 e. The average Bonchev–Trinajstić information content (AvgIpc) is 2.76. The van der Waals surface area contributed by atoms with Crippen LogP contribution in [0.3, 0.4) is 0 Å². The van der Waals surface area contributed by atoms with Crippen molar-refractivity contribution in [1.82, 2.24) is 10.2 Å². The zero-order valence-electron chi connectivity index (χ0n) is 22.6. The molecule has 198 valence electrons. The summed E-state index contributed by atoms with van der Waals surface area (Å²) in [5.41, 5.74) is 2.48. The van der Waals surface area contributed by atoms with Crippen LogP contribution in [0.2, 0.25) is 0 Å². The molecule has 1 N–H and O–H groups in total. The summed E-state index contributed by atoms with van der Waals surface area (Å²) < 4.78 is 31.9. The second-order valence-electron chi connectivity index (χ2n) is 10.1. The Morgan fingerprint density at radius 2 is 1.67 bits per heavy atom. The van der Waals surface area contributed by atoms with E-state index >= 15 is 0 Å². The number of benzene rings is 2. The van der Waals surface area contributed by atoms with Crippen LogP contribution in [0.4, 0.5) is 5.69 Å². The molecule has 0 heterocycles. The second kappa shape index (κ2) is 11.8. The Labute approximate surface area is 215 Å². The van der Waals surface area contributed by atoms with E-state index in [0.29, 0.717) is 17.9 Å². The van der Waals surface area contributed by atoms with Crippen molar-refractivity contribution in [3.8, 4) is 5.75 Å². The lowest BCUT2D eigenvalue weighted by atomic mass is 10.1. The third kappa shape index (κ3) is 7.98. The van der Waals surface area contributed by atoms with E-state index in [4.69, 9.17) is 4.74 Å². The van der Waals surface area contributed by atoms with Crippen LogP contribution in [0.5, 0.6) is 5.75 Å². The number of hydrogen-bond acceptors (Lipinski definition) is 5. The Morgan fingerprint density at radius 1 is 1.06 bits per heavy atom. The second-order valence-corrected chi connectivity index (χ2v) is 12.0. The minimum atomic E-state index is -3.78. The zero-order valence-corrected chi connectivity index (χ0v) is 23.4. The van der Waals surface area contributed by atoms with E-state index in [1.165, 1.54) is 4.90 Å². The Hall–Kier alpha value is -3.07. The number of anilines is 1. The highest BCUT2D eigenvalue weighted by molar-refractivity contribution is 7.92. The van der Waals surface area contributed by atoms with E-state index in [-0.39, 0.29) is 12.5 Å². The fourth-order valence-electron chi connectivity index (χ4n) is 3.98. The first-order valence-electron chi connectivity index (χ1n) is 12.0. The molecule has 0 fully saturated rings. The van der Waals surface area contributed by atoms with Crippen LogP contribution in [0, 0.1) is 13.8 Å². The van der Waals surface area contributed by atoms with E-state index < -0.39 is 34.1 Å². The fourth-order valence-corrected chi connectivity index (χ4v) is 4.89. The SMILES string of the molecule is CC[C@H](C(=O)NC(C)(C)C)N(Cc1ccc(OC)cc1)C(=O)CN(c1ccc(C)cc1C)S(C)(=O)=O. The van der Waals surface area contributed by atoms with Crippen LogP contribution in [0.15, 0.2) is 42.5 Å². The Bertz CT molecular complexity index is 1170. The first-order chi connectivity index (χ1) is 16.7. The van der Waals surface area contributed by atoms with Crippen LogP contribution >= 0.6 is 0 Å². The number of sulfonamides is 1. The van der Waals surface area contributed by atoms with E-state index in [1.807, 2.05) is 65.8 Å². The molecule has 0 spiro atoms. The molecule has 0 saturated heterocycles. The van der Waals surface area contributed by atoms with E-state index in [1.54, 1.807) is 25.3 Å². The summed E-state index contributed by atoms with van der Waals surface area (Å²) in [6, 6.07) is 11.8. The van der Waals surface area contributed by atoms with Crippen molar-refractivity contribution < 1.29 is 22.7 Å². The van der Waals surface area contributed by atoms with Gasteiger partial charge < -0.3 is 15.0 Å². The molecule has 0 aliphatic heterocycles. The molecule has 9 heteroatoms. The van der Waals surface area contributed by atoms with Gasteiger partial charge in [-0.3, -0.25) is 13.9 Å². The van der Waals surface area contributed by atoms with Crippen molar-refractivity contribution in [3.63, 3.8) is 0 Å². The number of nitrogens with zero attached hydrogens (tertiary/aromatic N) is 2. The molecule has 0 radical (unpaired) electrons. The molecule has 2 amide bonds. The number of rotatable bonds is 10. The minimum Gasteiger partial charge on any atom is -0.497 e. The smallest absolute Gasteiger partial charge is 0.244 e. The molecular weight excluding hydrogens is 478 g/mol. The van der Waals surface area contributed by atoms with Gasteiger partial charge in [0.15, 0.2) is 0 Å². The van der Waals surface area contributed by atoms with Gasteiger partial charge in [0.25, 0.3) is 0 Å². The monoisotopic (exact) mass is 517 g/mol. The lowest BCUT2D eigenvalue weighted by Gasteiger charge is -2.34. The minimum absolute atomic E-state index is 0.142. The summed E-state index contributed by atoms with van der Waals surface area (Å²) in [7, 11) is -2.21. The summed E-state index contributed by atoms with van der Waals surface area (Å²) in [4.78, 5) is 28.4. The molecule has 36 heavy (non-hydrogen) atoms. The largest absolute Gasteiger partial charge is 0.497 e. The predicted molar refractivity (Wildman–Crippen MR) is 144 cm³/mol. The molecular formula is C27H39N3O5S. The van der Waals surface area contributed by atoms with Crippen LogP contribution in [0.1, 0.15) is 50.8 Å². The zero-order chi connectivity index (χ0) is 27.3. The molecule has 0 aliphatic rings. The van der Waals surface area contributed by atoms with Crippen LogP contribution in [-0.4, -0.2) is 56.6 Å². The summed E-state index contributed by atoms with van der Waals surface area (Å²) in [6.07, 6.45) is 1.45. The number of hydrogen-bond donors (Lipinski definition) is 1. The maximum absolute atomic E-state index is 13.8. The normalized spacial score (nSPS) is 12.6. The first kappa shape index (κ1) is 29.2. The lowest BCUT2D eigenvalue weighted by Crippen LogP contribution is -2.55. The number of nitrogens with one attached hydrogen (secondary N) is 1. The third-order valence-corrected chi connectivity index (χ3v) is 6.82. The van der Waals surface area contributed by atoms with Gasteiger partial charge in [-0.05, 0) is 70.4 Å². The number of amides is 2. The predicted octanol–water partition coefficient (Wildman–Crippen LogP) is 3.80. The molecule has 0 aromatic heterocycles. The third-order valence-electron chi connectivity index (χ3n) is 5.70. The van der Waals surface area contributed by atoms with Crippen molar-refractivity contribution in [2.75, 3.05) is 24.2 Å². The maximum atomic E-state index is 13.8. The topological polar surface area (TPSA) is 96.0 Å². The van der Waals surface area contributed by atoms with Crippen LogP contribution in [0.25, 0.3) is 0 Å². The van der Waals surface area contributed by atoms with Gasteiger partial charge in [-0.1, -0.05) is 36.8 Å². The van der Waals surface area contributed by atoms with Gasteiger partial charge in [-0.2, -0.15) is 0 Å². The molecule has 0 aliphatic carbocycles. The summed E-state index contributed by atoms with van der Waals surface area (Å²) in [6.45, 7) is 10.9. The number of methoxy groups -OCH3 is 1. The van der Waals surface area contributed by atoms with Crippen LogP contribution < -0.4 is 14.4 Å². The Balaban J connectivity index is 2.48. The number of aryl methyl sites for hydroxylation is 2. The Morgan fingerprint density at radius 3 is 2.14 bits per heavy atom. The highest BCUT2D eigenvalue weighted by Gasteiger charge is 2.33. The molecule has 2 rings (SSSR count). The number of carbonyl (C=O) groups excluding carboxylic acids is 2. The molecule has 0 bridgehead atoms. The molecule has 8 nitrogen and oxygen atoms in total. The van der Waals surface area contributed by atoms with Gasteiger partial charge in [0, 0.05) is 12.1 Å². The van der Waals surface area contributed by atoms with Crippen molar-refractivity contribution in [2.45, 2.75) is 66.1 Å². The average molecular weight is 518 g/mol. The van der Waals surface area contributed by atoms with Gasteiger partial charge in [0.2, 0.25) is 21.8 Å². The van der Waals surface area contributed by atoms with Gasteiger partial charge in [-0.15, -0.1) is 0 Å². The molecule has 2 aromatic rings. The molecule has 0 saturated carbocycles. The lowest BCUT2D eigenvalue weighted by molar-refractivity contribution is -0.141. The standard InChI is InChI=1S/C27H39N3O5S/c1-9-23(26(32)28-27(4,5)6)29(17-21-11-13-22(35-7)14-12-21)25(31)18-30(36(8,33)34)24-15-10-19(2)16-20(24)3/h10-16,23H,9,17-18H2,1-8H3,(H,28,32)/t23-/m1/s1. The summed E-state index contributed by atoms with van der Waals surface area (Å²) >= 11 is 0. The van der Waals surface area contributed by atoms with E-state index in [9.17, 15) is 18.0 Å². The Kier molecular flexibility index (Phi) is 9.54. The summed E-state index contributed by atoms with van der Waals surface area (Å²) in [5, 5.41) is 2.96. The fraction of sp³-hybridized carbons (Fsp3) is 0.481. The molecule has 0 unspecified atom stereocenters. The first-order valence-corrected chi connectivity index (χ1v) is 13.8. The van der Waals surface area contributed by atoms with Gasteiger partial charge in [0.05, 0.1) is 19.1 Å². The van der Waals surface area contributed by atoms with Gasteiger partial charge >= 0.3 is 0 Å². The van der Waals surface area contributed by atoms with Crippen LogP contribution in [-0.2, 0) is 26.2 Å². The van der Waals surface area contributed by atoms with Crippen molar-refractivity contribution >= 4 is 27.5 Å².